The highest BCUT2D eigenvalue weighted by atomic mass is 16.5. The van der Waals surface area contributed by atoms with Gasteiger partial charge in [0.15, 0.2) is 0 Å². The Bertz CT molecular complexity index is 919. The van der Waals surface area contributed by atoms with Gasteiger partial charge in [0.05, 0.1) is 44.0 Å². The van der Waals surface area contributed by atoms with E-state index in [4.69, 9.17) is 19.4 Å². The van der Waals surface area contributed by atoms with Crippen LogP contribution in [0.5, 0.6) is 6.01 Å². The van der Waals surface area contributed by atoms with E-state index in [9.17, 15) is 10.1 Å². The van der Waals surface area contributed by atoms with E-state index in [1.165, 1.54) is 6.08 Å². The van der Waals surface area contributed by atoms with Crippen molar-refractivity contribution in [2.75, 3.05) is 64.0 Å². The van der Waals surface area contributed by atoms with Crippen LogP contribution in [0.4, 0.5) is 5.82 Å². The summed E-state index contributed by atoms with van der Waals surface area (Å²) < 4.78 is 11.5. The van der Waals surface area contributed by atoms with Gasteiger partial charge in [-0.15, -0.1) is 0 Å². The maximum Gasteiger partial charge on any atom is 0.318 e. The van der Waals surface area contributed by atoms with Gasteiger partial charge in [0.2, 0.25) is 5.91 Å². The van der Waals surface area contributed by atoms with Crippen LogP contribution in [0.25, 0.3) is 0 Å². The highest BCUT2D eigenvalue weighted by Crippen LogP contribution is 2.28. The first-order valence-corrected chi connectivity index (χ1v) is 12.2. The van der Waals surface area contributed by atoms with Crippen LogP contribution < -0.4 is 15.0 Å². The van der Waals surface area contributed by atoms with Crippen molar-refractivity contribution in [1.82, 2.24) is 25.1 Å². The number of rotatable bonds is 8. The lowest BCUT2D eigenvalue weighted by Crippen LogP contribution is -2.55. The molecule has 2 saturated heterocycles. The Morgan fingerprint density at radius 1 is 1.38 bits per heavy atom. The fraction of sp³-hybridized carbons (Fsp3) is 0.667. The van der Waals surface area contributed by atoms with Crippen molar-refractivity contribution in [2.45, 2.75) is 44.8 Å². The normalized spacial score (nSPS) is 23.2. The van der Waals surface area contributed by atoms with Gasteiger partial charge in [0, 0.05) is 50.9 Å². The average Bonchev–Trinajstić information content (AvgIpc) is 2.87. The molecule has 0 aromatic carbocycles. The lowest BCUT2D eigenvalue weighted by atomic mass is 10.0. The molecule has 3 aliphatic heterocycles. The third kappa shape index (κ3) is 5.66. The quantitative estimate of drug-likeness (QED) is 0.435. The molecule has 0 bridgehead atoms. The number of aromatic nitrogens is 2. The minimum absolute atomic E-state index is 0.132. The summed E-state index contributed by atoms with van der Waals surface area (Å²) in [5, 5.41) is 12.7. The van der Waals surface area contributed by atoms with Crippen LogP contribution >= 0.6 is 0 Å². The minimum Gasteiger partial charge on any atom is -0.463 e. The third-order valence-corrected chi connectivity index (χ3v) is 6.79. The first kappa shape index (κ1) is 24.4. The van der Waals surface area contributed by atoms with Crippen molar-refractivity contribution >= 4 is 11.7 Å². The molecule has 1 N–H and O–H groups in total. The maximum absolute atomic E-state index is 12.3. The highest BCUT2D eigenvalue weighted by Gasteiger charge is 2.32. The standard InChI is InChI=1S/C24H35N7O3/c1-3-22(32)31-11-10-30(16-19(31)5-7-25)23-20-6-8-26-15-21(20)27-24(28-23)34-13-4-9-29-12-14-33-17-18(29)2/h3,18-19,26H,1,4-6,8-17H2,2H3/t18-,19-/m0/s1. The predicted octanol–water partition coefficient (Wildman–Crippen LogP) is 0.729. The van der Waals surface area contributed by atoms with E-state index in [-0.39, 0.29) is 18.4 Å². The number of anilines is 1. The number of nitriles is 1. The van der Waals surface area contributed by atoms with E-state index >= 15 is 0 Å². The first-order valence-electron chi connectivity index (χ1n) is 12.2. The van der Waals surface area contributed by atoms with E-state index in [1.54, 1.807) is 4.90 Å². The largest absolute Gasteiger partial charge is 0.463 e. The molecule has 0 aliphatic carbocycles. The lowest BCUT2D eigenvalue weighted by Gasteiger charge is -2.41. The molecule has 0 radical (unpaired) electrons. The van der Waals surface area contributed by atoms with Crippen molar-refractivity contribution in [3.63, 3.8) is 0 Å². The SMILES string of the molecule is C=CC(=O)N1CCN(c2nc(OCCCN3CCOC[C@@H]3C)nc3c2CCNC3)C[C@@H]1CC#N. The van der Waals surface area contributed by atoms with E-state index in [0.717, 1.165) is 62.8 Å². The van der Waals surface area contributed by atoms with E-state index in [1.807, 2.05) is 0 Å². The average molecular weight is 470 g/mol. The van der Waals surface area contributed by atoms with Crippen molar-refractivity contribution in [3.8, 4) is 12.1 Å². The molecule has 2 atom stereocenters. The molecule has 0 saturated carbocycles. The minimum atomic E-state index is -0.198. The van der Waals surface area contributed by atoms with Gasteiger partial charge >= 0.3 is 6.01 Å². The third-order valence-electron chi connectivity index (χ3n) is 6.79. The monoisotopic (exact) mass is 469 g/mol. The van der Waals surface area contributed by atoms with E-state index in [2.05, 4.69) is 34.7 Å². The van der Waals surface area contributed by atoms with Gasteiger partial charge < -0.3 is 24.6 Å². The van der Waals surface area contributed by atoms with Crippen LogP contribution in [0.3, 0.4) is 0 Å². The number of hydrogen-bond donors (Lipinski definition) is 1. The first-order chi connectivity index (χ1) is 16.6. The van der Waals surface area contributed by atoms with Crippen molar-refractivity contribution in [2.24, 2.45) is 0 Å². The topological polar surface area (TPSA) is 107 Å². The number of nitrogens with zero attached hydrogens (tertiary/aromatic N) is 6. The summed E-state index contributed by atoms with van der Waals surface area (Å²) >= 11 is 0. The molecule has 4 heterocycles. The molecular weight excluding hydrogens is 434 g/mol. The fourth-order valence-corrected chi connectivity index (χ4v) is 4.90. The Balaban J connectivity index is 1.45. The van der Waals surface area contributed by atoms with Crippen LogP contribution in [-0.2, 0) is 22.5 Å². The number of ether oxygens (including phenoxy) is 2. The molecule has 0 unspecified atom stereocenters. The van der Waals surface area contributed by atoms with Gasteiger partial charge in [-0.1, -0.05) is 6.58 Å². The van der Waals surface area contributed by atoms with Gasteiger partial charge in [0.1, 0.15) is 5.82 Å². The van der Waals surface area contributed by atoms with Crippen LogP contribution in [0.15, 0.2) is 12.7 Å². The number of hydrogen-bond acceptors (Lipinski definition) is 9. The molecule has 34 heavy (non-hydrogen) atoms. The Labute approximate surface area is 201 Å². The summed E-state index contributed by atoms with van der Waals surface area (Å²) in [5.74, 6) is 0.740. The second kappa shape index (κ2) is 11.6. The highest BCUT2D eigenvalue weighted by molar-refractivity contribution is 5.87. The predicted molar refractivity (Wildman–Crippen MR) is 128 cm³/mol. The number of morpholine rings is 1. The molecule has 4 rings (SSSR count). The van der Waals surface area contributed by atoms with Crippen LogP contribution in [0.1, 0.15) is 31.0 Å². The zero-order valence-electron chi connectivity index (χ0n) is 20.0. The summed E-state index contributed by atoms with van der Waals surface area (Å²) in [6.45, 7) is 13.1. The molecule has 1 aromatic rings. The summed E-state index contributed by atoms with van der Waals surface area (Å²) in [6, 6.07) is 2.85. The zero-order chi connectivity index (χ0) is 23.9. The van der Waals surface area contributed by atoms with Crippen molar-refractivity contribution in [1.29, 1.82) is 5.26 Å². The summed E-state index contributed by atoms with van der Waals surface area (Å²) in [7, 11) is 0. The maximum atomic E-state index is 12.3. The molecule has 1 aromatic heterocycles. The Morgan fingerprint density at radius 2 is 2.26 bits per heavy atom. The molecule has 3 aliphatic rings. The summed E-state index contributed by atoms with van der Waals surface area (Å²) in [6.07, 6.45) is 3.33. The number of amides is 1. The number of nitrogens with one attached hydrogen (secondary N) is 1. The van der Waals surface area contributed by atoms with Gasteiger partial charge in [-0.05, 0) is 32.4 Å². The zero-order valence-corrected chi connectivity index (χ0v) is 20.0. The Morgan fingerprint density at radius 3 is 3.06 bits per heavy atom. The number of carbonyl (C=O) groups is 1. The van der Waals surface area contributed by atoms with Gasteiger partial charge in [-0.3, -0.25) is 9.69 Å². The fourth-order valence-electron chi connectivity index (χ4n) is 4.90. The number of fused-ring (bicyclic) bond motifs is 1. The molecule has 2 fully saturated rings. The van der Waals surface area contributed by atoms with Crippen molar-refractivity contribution in [3.05, 3.63) is 23.9 Å². The van der Waals surface area contributed by atoms with Gasteiger partial charge in [-0.25, -0.2) is 0 Å². The number of piperazine rings is 1. The Hall–Kier alpha value is -2.74. The molecule has 10 heteroatoms. The van der Waals surface area contributed by atoms with E-state index < -0.39 is 0 Å². The lowest BCUT2D eigenvalue weighted by molar-refractivity contribution is -0.128. The van der Waals surface area contributed by atoms with Gasteiger partial charge in [0.25, 0.3) is 0 Å². The molecule has 184 valence electrons. The van der Waals surface area contributed by atoms with Crippen LogP contribution in [0, 0.1) is 11.3 Å². The smallest absolute Gasteiger partial charge is 0.318 e. The second-order valence-corrected chi connectivity index (χ2v) is 9.04. The molecular formula is C24H35N7O3. The van der Waals surface area contributed by atoms with E-state index in [0.29, 0.717) is 44.8 Å². The van der Waals surface area contributed by atoms with Gasteiger partial charge in [-0.2, -0.15) is 15.2 Å². The summed E-state index contributed by atoms with van der Waals surface area (Å²) in [4.78, 5) is 28.1. The van der Waals surface area contributed by atoms with Crippen molar-refractivity contribution < 1.29 is 14.3 Å². The Kier molecular flexibility index (Phi) is 8.32. The van der Waals surface area contributed by atoms with Crippen LogP contribution in [-0.4, -0.2) is 96.8 Å². The summed E-state index contributed by atoms with van der Waals surface area (Å²) in [5.41, 5.74) is 2.10. The van der Waals surface area contributed by atoms with Crippen LogP contribution in [0.2, 0.25) is 0 Å². The molecule has 0 spiro atoms. The second-order valence-electron chi connectivity index (χ2n) is 9.04. The molecule has 10 nitrogen and oxygen atoms in total. The molecule has 1 amide bonds. The number of carbonyl (C=O) groups excluding carboxylic acids is 1.